The quantitative estimate of drug-likeness (QED) is 0.699. The molecule has 1 heterocycles. The molecule has 0 aliphatic heterocycles. The molecule has 0 saturated carbocycles. The van der Waals surface area contributed by atoms with Crippen molar-refractivity contribution in [2.75, 3.05) is 5.32 Å². The van der Waals surface area contributed by atoms with E-state index in [1.54, 1.807) is 18.2 Å². The SMILES string of the molecule is CC(C)n1cc(Br)cc1C(=O)Nc1ccc(Br)cc1Cl. The monoisotopic (exact) mass is 418 g/mol. The number of amides is 1. The molecule has 3 nitrogen and oxygen atoms in total. The first-order valence-corrected chi connectivity index (χ1v) is 7.98. The lowest BCUT2D eigenvalue weighted by molar-refractivity contribution is 0.101. The zero-order valence-corrected chi connectivity index (χ0v) is 14.9. The summed E-state index contributed by atoms with van der Waals surface area (Å²) in [6, 6.07) is 7.33. The number of carbonyl (C=O) groups excluding carboxylic acids is 1. The first-order chi connectivity index (χ1) is 9.38. The van der Waals surface area contributed by atoms with Gasteiger partial charge in [0.05, 0.1) is 10.7 Å². The third-order valence-corrected chi connectivity index (χ3v) is 4.02. The highest BCUT2D eigenvalue weighted by Gasteiger charge is 2.16. The third-order valence-electron chi connectivity index (χ3n) is 2.78. The Bertz CT molecular complexity index is 653. The molecule has 0 saturated heterocycles. The fraction of sp³-hybridized carbons (Fsp3) is 0.214. The molecule has 6 heteroatoms. The lowest BCUT2D eigenvalue weighted by Crippen LogP contribution is -2.17. The number of nitrogens with one attached hydrogen (secondary N) is 1. The number of aromatic nitrogens is 1. The number of hydrogen-bond acceptors (Lipinski definition) is 1. The van der Waals surface area contributed by atoms with Gasteiger partial charge in [0, 0.05) is 21.2 Å². The third kappa shape index (κ3) is 3.45. The lowest BCUT2D eigenvalue weighted by atomic mass is 10.3. The minimum absolute atomic E-state index is 0.186. The molecule has 0 fully saturated rings. The van der Waals surface area contributed by atoms with Crippen LogP contribution in [-0.2, 0) is 0 Å². The summed E-state index contributed by atoms with van der Waals surface area (Å²) in [4.78, 5) is 12.4. The molecule has 2 aromatic rings. The van der Waals surface area contributed by atoms with Crippen molar-refractivity contribution in [2.24, 2.45) is 0 Å². The van der Waals surface area contributed by atoms with Crippen molar-refractivity contribution in [1.82, 2.24) is 4.57 Å². The first kappa shape index (κ1) is 15.6. The van der Waals surface area contributed by atoms with Crippen molar-refractivity contribution >= 4 is 55.1 Å². The van der Waals surface area contributed by atoms with Gasteiger partial charge in [0.1, 0.15) is 5.69 Å². The Hall–Kier alpha value is -0.780. The number of hydrogen-bond donors (Lipinski definition) is 1. The van der Waals surface area contributed by atoms with Gasteiger partial charge >= 0.3 is 0 Å². The summed E-state index contributed by atoms with van der Waals surface area (Å²) in [5, 5.41) is 3.32. The molecule has 1 amide bonds. The van der Waals surface area contributed by atoms with Crippen LogP contribution in [0.5, 0.6) is 0 Å². The minimum atomic E-state index is -0.186. The molecule has 1 aromatic heterocycles. The van der Waals surface area contributed by atoms with Gasteiger partial charge in [-0.2, -0.15) is 0 Å². The van der Waals surface area contributed by atoms with E-state index in [1.807, 2.05) is 30.7 Å². The van der Waals surface area contributed by atoms with E-state index in [-0.39, 0.29) is 11.9 Å². The van der Waals surface area contributed by atoms with Gasteiger partial charge in [-0.15, -0.1) is 0 Å². The van der Waals surface area contributed by atoms with Crippen molar-refractivity contribution in [3.8, 4) is 0 Å². The Morgan fingerprint density at radius 3 is 2.55 bits per heavy atom. The molecule has 1 aromatic carbocycles. The fourth-order valence-corrected chi connectivity index (χ4v) is 2.99. The maximum Gasteiger partial charge on any atom is 0.272 e. The maximum atomic E-state index is 12.4. The van der Waals surface area contributed by atoms with Crippen LogP contribution in [0, 0.1) is 0 Å². The van der Waals surface area contributed by atoms with Crippen molar-refractivity contribution in [1.29, 1.82) is 0 Å². The standard InChI is InChI=1S/C14H13Br2ClN2O/c1-8(2)19-7-10(16)6-13(19)14(20)18-12-4-3-9(15)5-11(12)17/h3-8H,1-2H3,(H,18,20). The minimum Gasteiger partial charge on any atom is -0.340 e. The summed E-state index contributed by atoms with van der Waals surface area (Å²) in [7, 11) is 0. The highest BCUT2D eigenvalue weighted by Crippen LogP contribution is 2.27. The van der Waals surface area contributed by atoms with Crippen LogP contribution in [0.2, 0.25) is 5.02 Å². The lowest BCUT2D eigenvalue weighted by Gasteiger charge is -2.13. The van der Waals surface area contributed by atoms with E-state index in [4.69, 9.17) is 11.6 Å². The summed E-state index contributed by atoms with van der Waals surface area (Å²) in [5.74, 6) is -0.186. The average molecular weight is 421 g/mol. The molecule has 0 aliphatic carbocycles. The van der Waals surface area contributed by atoms with Gasteiger partial charge in [-0.05, 0) is 54.0 Å². The van der Waals surface area contributed by atoms with E-state index in [0.717, 1.165) is 8.95 Å². The molecular formula is C14H13Br2ClN2O. The van der Waals surface area contributed by atoms with E-state index < -0.39 is 0 Å². The number of anilines is 1. The Morgan fingerprint density at radius 1 is 1.25 bits per heavy atom. The van der Waals surface area contributed by atoms with E-state index >= 15 is 0 Å². The summed E-state index contributed by atoms with van der Waals surface area (Å²) >= 11 is 12.8. The highest BCUT2D eigenvalue weighted by atomic mass is 79.9. The van der Waals surface area contributed by atoms with Crippen LogP contribution >= 0.6 is 43.5 Å². The van der Waals surface area contributed by atoms with E-state index in [2.05, 4.69) is 37.2 Å². The van der Waals surface area contributed by atoms with Crippen LogP contribution in [0.4, 0.5) is 5.69 Å². The molecule has 0 atom stereocenters. The van der Waals surface area contributed by atoms with Gasteiger partial charge in [0.15, 0.2) is 0 Å². The van der Waals surface area contributed by atoms with Crippen molar-refractivity contribution in [3.63, 3.8) is 0 Å². The Morgan fingerprint density at radius 2 is 1.95 bits per heavy atom. The van der Waals surface area contributed by atoms with Gasteiger partial charge in [0.25, 0.3) is 5.91 Å². The van der Waals surface area contributed by atoms with Gasteiger partial charge in [-0.3, -0.25) is 4.79 Å². The van der Waals surface area contributed by atoms with Crippen LogP contribution in [-0.4, -0.2) is 10.5 Å². The molecule has 0 spiro atoms. The van der Waals surface area contributed by atoms with Crippen LogP contribution in [0.25, 0.3) is 0 Å². The normalized spacial score (nSPS) is 10.9. The van der Waals surface area contributed by atoms with Crippen LogP contribution in [0.15, 0.2) is 39.4 Å². The van der Waals surface area contributed by atoms with E-state index in [0.29, 0.717) is 16.4 Å². The molecule has 106 valence electrons. The summed E-state index contributed by atoms with van der Waals surface area (Å²) in [6.45, 7) is 4.05. The molecule has 0 aliphatic rings. The summed E-state index contributed by atoms with van der Waals surface area (Å²) < 4.78 is 3.65. The first-order valence-electron chi connectivity index (χ1n) is 6.02. The van der Waals surface area contributed by atoms with Crippen molar-refractivity contribution in [3.05, 3.63) is 50.1 Å². The predicted octanol–water partition coefficient (Wildman–Crippen LogP) is 5.50. The number of halogens is 3. The maximum absolute atomic E-state index is 12.4. The van der Waals surface area contributed by atoms with E-state index in [9.17, 15) is 4.79 Å². The van der Waals surface area contributed by atoms with Gasteiger partial charge in [-0.25, -0.2) is 0 Å². The number of benzene rings is 1. The summed E-state index contributed by atoms with van der Waals surface area (Å²) in [5.41, 5.74) is 1.18. The van der Waals surface area contributed by atoms with Crippen LogP contribution in [0.1, 0.15) is 30.4 Å². The molecule has 0 radical (unpaired) electrons. The van der Waals surface area contributed by atoms with Crippen LogP contribution < -0.4 is 5.32 Å². The molecule has 20 heavy (non-hydrogen) atoms. The largest absolute Gasteiger partial charge is 0.340 e. The number of nitrogens with zero attached hydrogens (tertiary/aromatic N) is 1. The Kier molecular flexibility index (Phi) is 4.94. The zero-order chi connectivity index (χ0) is 14.9. The van der Waals surface area contributed by atoms with E-state index in [1.165, 1.54) is 0 Å². The fourth-order valence-electron chi connectivity index (χ4n) is 1.83. The molecule has 2 rings (SSSR count). The second-order valence-electron chi connectivity index (χ2n) is 4.62. The van der Waals surface area contributed by atoms with Gasteiger partial charge in [0.2, 0.25) is 0 Å². The van der Waals surface area contributed by atoms with Gasteiger partial charge < -0.3 is 9.88 Å². The van der Waals surface area contributed by atoms with Crippen LogP contribution in [0.3, 0.4) is 0 Å². The smallest absolute Gasteiger partial charge is 0.272 e. The summed E-state index contributed by atoms with van der Waals surface area (Å²) in [6.07, 6.45) is 1.89. The highest BCUT2D eigenvalue weighted by molar-refractivity contribution is 9.10. The van der Waals surface area contributed by atoms with Crippen molar-refractivity contribution in [2.45, 2.75) is 19.9 Å². The number of carbonyl (C=O) groups is 1. The zero-order valence-electron chi connectivity index (χ0n) is 11.0. The Balaban J connectivity index is 2.28. The van der Waals surface area contributed by atoms with Gasteiger partial charge in [-0.1, -0.05) is 27.5 Å². The number of rotatable bonds is 3. The average Bonchev–Trinajstić information content (AvgIpc) is 2.75. The Labute approximate surface area is 139 Å². The molecule has 0 bridgehead atoms. The predicted molar refractivity (Wildman–Crippen MR) is 89.6 cm³/mol. The van der Waals surface area contributed by atoms with Crippen molar-refractivity contribution < 1.29 is 4.79 Å². The molecular weight excluding hydrogens is 407 g/mol. The molecule has 0 unspecified atom stereocenters. The second kappa shape index (κ2) is 6.33. The topological polar surface area (TPSA) is 34.0 Å². The molecule has 1 N–H and O–H groups in total. The second-order valence-corrected chi connectivity index (χ2v) is 6.86.